The van der Waals surface area contributed by atoms with E-state index in [4.69, 9.17) is 9.47 Å². The Labute approximate surface area is 166 Å². The zero-order valence-corrected chi connectivity index (χ0v) is 17.4. The molecule has 0 saturated carbocycles. The average Bonchev–Trinajstić information content (AvgIpc) is 2.68. The predicted octanol–water partition coefficient (Wildman–Crippen LogP) is 1.34. The first kappa shape index (κ1) is 22.3. The Hall–Kier alpha value is -1.97. The lowest BCUT2D eigenvalue weighted by Gasteiger charge is -2.31. The summed E-state index contributed by atoms with van der Waals surface area (Å²) in [5.41, 5.74) is 1.05. The van der Waals surface area contributed by atoms with Crippen LogP contribution < -0.4 is 4.72 Å². The summed E-state index contributed by atoms with van der Waals surface area (Å²) in [5.74, 6) is -0.642. The van der Waals surface area contributed by atoms with E-state index in [1.165, 1.54) is 19.2 Å². The number of ether oxygens (including phenoxy) is 2. The number of nitrogens with zero attached hydrogens (tertiary/aromatic N) is 1. The van der Waals surface area contributed by atoms with Crippen LogP contribution in [-0.2, 0) is 24.3 Å². The first-order chi connectivity index (χ1) is 13.3. The summed E-state index contributed by atoms with van der Waals surface area (Å²) >= 11 is 0. The number of rotatable bonds is 8. The summed E-state index contributed by atoms with van der Waals surface area (Å²) in [4.78, 5) is 26.5. The van der Waals surface area contributed by atoms with Gasteiger partial charge in [0, 0.05) is 32.3 Å². The Morgan fingerprint density at radius 3 is 2.54 bits per heavy atom. The van der Waals surface area contributed by atoms with Crippen molar-refractivity contribution in [3.63, 3.8) is 0 Å². The third-order valence-electron chi connectivity index (χ3n) is 4.75. The number of sulfonamides is 1. The van der Waals surface area contributed by atoms with Crippen LogP contribution >= 0.6 is 0 Å². The van der Waals surface area contributed by atoms with E-state index < -0.39 is 10.0 Å². The fraction of sp³-hybridized carbons (Fsp3) is 0.579. The van der Waals surface area contributed by atoms with Gasteiger partial charge in [0.2, 0.25) is 10.0 Å². The van der Waals surface area contributed by atoms with E-state index in [2.05, 4.69) is 4.72 Å². The van der Waals surface area contributed by atoms with Crippen LogP contribution in [0, 0.1) is 12.8 Å². The number of carbonyl (C=O) groups is 2. The molecule has 28 heavy (non-hydrogen) atoms. The second-order valence-electron chi connectivity index (χ2n) is 6.69. The maximum atomic E-state index is 12.9. The minimum absolute atomic E-state index is 0.0407. The first-order valence-electron chi connectivity index (χ1n) is 9.35. The molecule has 1 amide bonds. The van der Waals surface area contributed by atoms with Crippen molar-refractivity contribution in [2.24, 2.45) is 5.92 Å². The van der Waals surface area contributed by atoms with Gasteiger partial charge in [-0.25, -0.2) is 13.1 Å². The van der Waals surface area contributed by atoms with Crippen LogP contribution in [0.3, 0.4) is 0 Å². The van der Waals surface area contributed by atoms with Crippen molar-refractivity contribution in [1.82, 2.24) is 9.62 Å². The van der Waals surface area contributed by atoms with Gasteiger partial charge in [0.25, 0.3) is 5.91 Å². The van der Waals surface area contributed by atoms with Crippen LogP contribution in [0.1, 0.15) is 35.7 Å². The molecule has 1 heterocycles. The monoisotopic (exact) mass is 412 g/mol. The lowest BCUT2D eigenvalue weighted by atomic mass is 9.96. The van der Waals surface area contributed by atoms with Crippen molar-refractivity contribution in [1.29, 1.82) is 0 Å². The molecule has 156 valence electrons. The summed E-state index contributed by atoms with van der Waals surface area (Å²) in [6, 6.07) is 4.52. The Balaban J connectivity index is 2.11. The van der Waals surface area contributed by atoms with E-state index >= 15 is 0 Å². The van der Waals surface area contributed by atoms with E-state index in [1.807, 2.05) is 0 Å². The molecule has 0 radical (unpaired) electrons. The highest BCUT2D eigenvalue weighted by molar-refractivity contribution is 7.89. The molecule has 2 rings (SSSR count). The van der Waals surface area contributed by atoms with E-state index in [0.717, 1.165) is 0 Å². The number of esters is 1. The molecule has 0 unspecified atom stereocenters. The lowest BCUT2D eigenvalue weighted by Crippen LogP contribution is -2.41. The minimum Gasteiger partial charge on any atom is -0.466 e. The van der Waals surface area contributed by atoms with E-state index in [0.29, 0.717) is 43.7 Å². The topological polar surface area (TPSA) is 102 Å². The summed E-state index contributed by atoms with van der Waals surface area (Å²) in [7, 11) is -2.24. The highest BCUT2D eigenvalue weighted by atomic mass is 32.2. The van der Waals surface area contributed by atoms with Crippen molar-refractivity contribution in [3.05, 3.63) is 29.3 Å². The highest BCUT2D eigenvalue weighted by Gasteiger charge is 2.29. The molecule has 0 spiro atoms. The third kappa shape index (κ3) is 5.52. The average molecular weight is 413 g/mol. The van der Waals surface area contributed by atoms with Crippen molar-refractivity contribution < 1.29 is 27.5 Å². The summed E-state index contributed by atoms with van der Waals surface area (Å²) in [5, 5.41) is 0. The Bertz CT molecular complexity index is 801. The number of carbonyl (C=O) groups excluding carboxylic acids is 2. The maximum Gasteiger partial charge on any atom is 0.309 e. The predicted molar refractivity (Wildman–Crippen MR) is 104 cm³/mol. The molecular weight excluding hydrogens is 384 g/mol. The highest BCUT2D eigenvalue weighted by Crippen LogP contribution is 2.23. The molecule has 1 aliphatic heterocycles. The van der Waals surface area contributed by atoms with Gasteiger partial charge in [0.15, 0.2) is 0 Å². The number of amides is 1. The quantitative estimate of drug-likeness (QED) is 0.511. The van der Waals surface area contributed by atoms with Gasteiger partial charge in [-0.05, 0) is 44.4 Å². The van der Waals surface area contributed by atoms with Crippen LogP contribution in [0.25, 0.3) is 0 Å². The zero-order valence-electron chi connectivity index (χ0n) is 16.6. The van der Waals surface area contributed by atoms with E-state index in [1.54, 1.807) is 24.8 Å². The molecular formula is C19H28N2O6S. The van der Waals surface area contributed by atoms with Crippen LogP contribution in [-0.4, -0.2) is 65.2 Å². The molecule has 1 N–H and O–H groups in total. The molecule has 1 aromatic rings. The fourth-order valence-corrected chi connectivity index (χ4v) is 4.15. The third-order valence-corrected chi connectivity index (χ3v) is 6.21. The summed E-state index contributed by atoms with van der Waals surface area (Å²) in [6.45, 7) is 5.16. The molecule has 8 nitrogen and oxygen atoms in total. The molecule has 0 bridgehead atoms. The number of methoxy groups -OCH3 is 1. The van der Waals surface area contributed by atoms with Gasteiger partial charge in [-0.1, -0.05) is 6.07 Å². The zero-order chi connectivity index (χ0) is 20.7. The number of nitrogens with one attached hydrogen (secondary N) is 1. The first-order valence-corrected chi connectivity index (χ1v) is 10.8. The van der Waals surface area contributed by atoms with Gasteiger partial charge in [-0.15, -0.1) is 0 Å². The van der Waals surface area contributed by atoms with Gasteiger partial charge < -0.3 is 14.4 Å². The molecule has 1 saturated heterocycles. The fourth-order valence-electron chi connectivity index (χ4n) is 3.11. The van der Waals surface area contributed by atoms with E-state index in [-0.39, 0.29) is 35.8 Å². The molecule has 0 aliphatic carbocycles. The van der Waals surface area contributed by atoms with Gasteiger partial charge >= 0.3 is 5.97 Å². The van der Waals surface area contributed by atoms with Gasteiger partial charge in [-0.3, -0.25) is 9.59 Å². The SMILES string of the molecule is CCOC(=O)C1CCN(C(=O)c2cc(S(=O)(=O)NCCOC)ccc2C)CC1. The van der Waals surface area contributed by atoms with Crippen LogP contribution in [0.5, 0.6) is 0 Å². The molecule has 1 aromatic carbocycles. The Morgan fingerprint density at radius 2 is 1.93 bits per heavy atom. The maximum absolute atomic E-state index is 12.9. The Kier molecular flexibility index (Phi) is 7.97. The number of hydrogen-bond donors (Lipinski definition) is 1. The largest absolute Gasteiger partial charge is 0.466 e. The number of likely N-dealkylation sites (tertiary alicyclic amines) is 1. The van der Waals surface area contributed by atoms with Gasteiger partial charge in [-0.2, -0.15) is 0 Å². The van der Waals surface area contributed by atoms with Crippen molar-refractivity contribution >= 4 is 21.9 Å². The number of benzene rings is 1. The van der Waals surface area contributed by atoms with Crippen LogP contribution in [0.2, 0.25) is 0 Å². The summed E-state index contributed by atoms with van der Waals surface area (Å²) in [6.07, 6.45) is 1.08. The second kappa shape index (κ2) is 9.99. The van der Waals surface area contributed by atoms with Crippen molar-refractivity contribution in [2.45, 2.75) is 31.6 Å². The molecule has 9 heteroatoms. The van der Waals surface area contributed by atoms with Gasteiger partial charge in [0.05, 0.1) is 24.0 Å². The number of piperidine rings is 1. The molecule has 1 aliphatic rings. The smallest absolute Gasteiger partial charge is 0.309 e. The molecule has 0 atom stereocenters. The number of aryl methyl sites for hydroxylation is 1. The Morgan fingerprint density at radius 1 is 1.25 bits per heavy atom. The number of hydrogen-bond acceptors (Lipinski definition) is 6. The lowest BCUT2D eigenvalue weighted by molar-refractivity contribution is -0.149. The normalized spacial score (nSPS) is 15.5. The standard InChI is InChI=1S/C19H28N2O6S/c1-4-27-19(23)15-7-10-21(11-8-15)18(22)17-13-16(6-5-14(17)2)28(24,25)20-9-12-26-3/h5-6,13,15,20H,4,7-12H2,1-3H3. The van der Waals surface area contributed by atoms with E-state index in [9.17, 15) is 18.0 Å². The van der Waals surface area contributed by atoms with Gasteiger partial charge in [0.1, 0.15) is 0 Å². The van der Waals surface area contributed by atoms with Crippen LogP contribution in [0.15, 0.2) is 23.1 Å². The molecule has 1 fully saturated rings. The summed E-state index contributed by atoms with van der Waals surface area (Å²) < 4.78 is 37.2. The van der Waals surface area contributed by atoms with Crippen LogP contribution in [0.4, 0.5) is 0 Å². The molecule has 0 aromatic heterocycles. The minimum atomic E-state index is -3.72. The van der Waals surface area contributed by atoms with Crippen molar-refractivity contribution in [3.8, 4) is 0 Å². The second-order valence-corrected chi connectivity index (χ2v) is 8.45. The van der Waals surface area contributed by atoms with Crippen molar-refractivity contribution in [2.75, 3.05) is 40.0 Å².